The van der Waals surface area contributed by atoms with Gasteiger partial charge >= 0.3 is 0 Å². The molecule has 53 heavy (non-hydrogen) atoms. The number of nitrogens with zero attached hydrogens (tertiary/aromatic N) is 3. The number of para-hydroxylation sites is 4. The molecule has 0 amide bonds. The van der Waals surface area contributed by atoms with Gasteiger partial charge in [-0.25, -0.2) is 0 Å². The number of fused-ring (bicyclic) bond motifs is 8. The summed E-state index contributed by atoms with van der Waals surface area (Å²) in [7, 11) is 0. The van der Waals surface area contributed by atoms with Crippen LogP contribution >= 0.6 is 0 Å². The van der Waals surface area contributed by atoms with Gasteiger partial charge in [-0.3, -0.25) is 0 Å². The first-order valence-corrected chi connectivity index (χ1v) is 18.2. The van der Waals surface area contributed by atoms with E-state index in [-0.39, 0.29) is 0 Å². The summed E-state index contributed by atoms with van der Waals surface area (Å²) in [5.41, 5.74) is 10.5. The van der Waals surface area contributed by atoms with Crippen molar-refractivity contribution < 1.29 is 0 Å². The molecule has 0 aliphatic carbocycles. The van der Waals surface area contributed by atoms with E-state index in [4.69, 9.17) is 0 Å². The lowest BCUT2D eigenvalue weighted by atomic mass is 9.99. The Hall–Kier alpha value is -7.10. The molecule has 9 aromatic carbocycles. The normalized spacial score (nSPS) is 11.8. The molecule has 3 heteroatoms. The number of benzene rings is 9. The SMILES string of the molecule is c1ccc2c(N(c3ccc(-n4c5ccccc5c5ccccc54)cc3)c3ccc(-n4c5ccccc5c5ccccc54)cc3)c3ccccc3cc2c1. The van der Waals surface area contributed by atoms with Gasteiger partial charge in [-0.15, -0.1) is 0 Å². The minimum absolute atomic E-state index is 1.10. The number of hydrogen-bond acceptors (Lipinski definition) is 1. The maximum Gasteiger partial charge on any atom is 0.0618 e. The molecule has 0 saturated carbocycles. The maximum absolute atomic E-state index is 2.44. The fourth-order valence-electron chi connectivity index (χ4n) is 8.54. The smallest absolute Gasteiger partial charge is 0.0618 e. The van der Waals surface area contributed by atoms with Crippen molar-refractivity contribution in [2.24, 2.45) is 0 Å². The van der Waals surface area contributed by atoms with Crippen molar-refractivity contribution >= 4 is 82.2 Å². The summed E-state index contributed by atoms with van der Waals surface area (Å²) in [6.07, 6.45) is 0. The van der Waals surface area contributed by atoms with Crippen LogP contribution in [0.5, 0.6) is 0 Å². The lowest BCUT2D eigenvalue weighted by Gasteiger charge is -2.29. The fraction of sp³-hybridized carbons (Fsp3) is 0. The van der Waals surface area contributed by atoms with Crippen LogP contribution in [0, 0.1) is 0 Å². The number of anilines is 3. The van der Waals surface area contributed by atoms with Gasteiger partial charge in [-0.2, -0.15) is 0 Å². The van der Waals surface area contributed by atoms with Crippen LogP contribution in [0.15, 0.2) is 200 Å². The van der Waals surface area contributed by atoms with Crippen molar-refractivity contribution in [3.05, 3.63) is 200 Å². The van der Waals surface area contributed by atoms with Gasteiger partial charge in [-0.05, 0) is 89.6 Å². The molecule has 2 heterocycles. The quantitative estimate of drug-likeness (QED) is 0.166. The first kappa shape index (κ1) is 29.6. The van der Waals surface area contributed by atoms with Gasteiger partial charge in [0.15, 0.2) is 0 Å². The fourth-order valence-corrected chi connectivity index (χ4v) is 8.54. The van der Waals surface area contributed by atoms with Crippen LogP contribution in [-0.4, -0.2) is 9.13 Å². The number of rotatable bonds is 5. The highest BCUT2D eigenvalue weighted by atomic mass is 15.1. The Morgan fingerprint density at radius 3 is 0.943 bits per heavy atom. The molecule has 0 aliphatic heterocycles. The molecular weight excluding hydrogens is 643 g/mol. The summed E-state index contributed by atoms with van der Waals surface area (Å²) in [6.45, 7) is 0. The lowest BCUT2D eigenvalue weighted by molar-refractivity contribution is 1.17. The van der Waals surface area contributed by atoms with E-state index < -0.39 is 0 Å². The van der Waals surface area contributed by atoms with Gasteiger partial charge in [0, 0.05) is 55.1 Å². The number of hydrogen-bond donors (Lipinski definition) is 0. The van der Waals surface area contributed by atoms with Crippen LogP contribution in [0.2, 0.25) is 0 Å². The zero-order valence-electron chi connectivity index (χ0n) is 28.9. The monoisotopic (exact) mass is 675 g/mol. The van der Waals surface area contributed by atoms with Gasteiger partial charge in [0.25, 0.3) is 0 Å². The third kappa shape index (κ3) is 4.54. The summed E-state index contributed by atoms with van der Waals surface area (Å²) in [5, 5.41) is 9.91. The predicted molar refractivity (Wildman–Crippen MR) is 225 cm³/mol. The first-order valence-electron chi connectivity index (χ1n) is 18.2. The van der Waals surface area contributed by atoms with E-state index >= 15 is 0 Å². The van der Waals surface area contributed by atoms with E-state index in [1.165, 1.54) is 70.8 Å². The predicted octanol–water partition coefficient (Wildman–Crippen LogP) is 13.7. The van der Waals surface area contributed by atoms with Crippen LogP contribution in [0.4, 0.5) is 17.1 Å². The second-order valence-electron chi connectivity index (χ2n) is 13.8. The Kier molecular flexibility index (Phi) is 6.55. The Morgan fingerprint density at radius 2 is 0.585 bits per heavy atom. The van der Waals surface area contributed by atoms with E-state index in [1.807, 2.05) is 0 Å². The standard InChI is InChI=1S/C50H33N3/c1-3-15-40-34(13-1)33-35-14-2-4-16-41(35)50(40)51(36-25-29-38(30-26-36)52-46-21-9-5-17-42(46)43-18-6-10-22-47(43)52)37-27-31-39(32-28-37)53-48-23-11-7-19-44(48)45-20-8-12-24-49(45)53/h1-33H. The maximum atomic E-state index is 2.44. The average molecular weight is 676 g/mol. The van der Waals surface area contributed by atoms with E-state index in [0.29, 0.717) is 0 Å². The molecule has 248 valence electrons. The van der Waals surface area contributed by atoms with E-state index in [1.54, 1.807) is 0 Å². The molecule has 0 fully saturated rings. The third-order valence-electron chi connectivity index (χ3n) is 10.9. The van der Waals surface area contributed by atoms with Gasteiger partial charge in [0.1, 0.15) is 0 Å². The molecule has 0 N–H and O–H groups in total. The van der Waals surface area contributed by atoms with Crippen LogP contribution in [-0.2, 0) is 0 Å². The Balaban J connectivity index is 1.12. The highest BCUT2D eigenvalue weighted by Crippen LogP contribution is 2.45. The van der Waals surface area contributed by atoms with Crippen molar-refractivity contribution in [3.63, 3.8) is 0 Å². The second-order valence-corrected chi connectivity index (χ2v) is 13.8. The molecule has 11 aromatic rings. The van der Waals surface area contributed by atoms with Crippen LogP contribution in [0.25, 0.3) is 76.5 Å². The van der Waals surface area contributed by atoms with Crippen LogP contribution < -0.4 is 4.90 Å². The number of aromatic nitrogens is 2. The second kappa shape index (κ2) is 11.7. The Morgan fingerprint density at radius 1 is 0.283 bits per heavy atom. The third-order valence-corrected chi connectivity index (χ3v) is 10.9. The van der Waals surface area contributed by atoms with Gasteiger partial charge in [0.2, 0.25) is 0 Å². The average Bonchev–Trinajstić information content (AvgIpc) is 3.74. The molecule has 0 atom stereocenters. The Labute approximate surface area is 306 Å². The minimum Gasteiger partial charge on any atom is -0.309 e. The molecule has 0 spiro atoms. The van der Waals surface area contributed by atoms with Gasteiger partial charge < -0.3 is 14.0 Å². The highest BCUT2D eigenvalue weighted by molar-refractivity contribution is 6.14. The van der Waals surface area contributed by atoms with Crippen molar-refractivity contribution in [3.8, 4) is 11.4 Å². The van der Waals surface area contributed by atoms with E-state index in [0.717, 1.165) is 22.7 Å². The lowest BCUT2D eigenvalue weighted by Crippen LogP contribution is -2.11. The highest BCUT2D eigenvalue weighted by Gasteiger charge is 2.20. The van der Waals surface area contributed by atoms with Crippen LogP contribution in [0.3, 0.4) is 0 Å². The van der Waals surface area contributed by atoms with E-state index in [9.17, 15) is 0 Å². The zero-order chi connectivity index (χ0) is 34.9. The largest absolute Gasteiger partial charge is 0.309 e. The molecule has 3 nitrogen and oxygen atoms in total. The topological polar surface area (TPSA) is 13.1 Å². The van der Waals surface area contributed by atoms with Crippen molar-refractivity contribution in [2.75, 3.05) is 4.90 Å². The van der Waals surface area contributed by atoms with Crippen molar-refractivity contribution in [1.82, 2.24) is 9.13 Å². The molecule has 0 bridgehead atoms. The molecule has 0 radical (unpaired) electrons. The van der Waals surface area contributed by atoms with Gasteiger partial charge in [-0.1, -0.05) is 121 Å². The molecule has 0 aliphatic rings. The van der Waals surface area contributed by atoms with Crippen molar-refractivity contribution in [1.29, 1.82) is 0 Å². The summed E-state index contributed by atoms with van der Waals surface area (Å²) in [6, 6.07) is 72.7. The minimum atomic E-state index is 1.10. The summed E-state index contributed by atoms with van der Waals surface area (Å²) in [4.78, 5) is 2.44. The molecule has 0 saturated heterocycles. The van der Waals surface area contributed by atoms with Crippen molar-refractivity contribution in [2.45, 2.75) is 0 Å². The summed E-state index contributed by atoms with van der Waals surface area (Å²) < 4.78 is 4.76. The molecule has 0 unspecified atom stereocenters. The summed E-state index contributed by atoms with van der Waals surface area (Å²) in [5.74, 6) is 0. The zero-order valence-corrected chi connectivity index (χ0v) is 28.9. The van der Waals surface area contributed by atoms with Gasteiger partial charge in [0.05, 0.1) is 27.8 Å². The molecule has 2 aromatic heterocycles. The Bertz CT molecular complexity index is 2850. The summed E-state index contributed by atoms with van der Waals surface area (Å²) >= 11 is 0. The van der Waals surface area contributed by atoms with Crippen LogP contribution in [0.1, 0.15) is 0 Å². The molecular formula is C50H33N3. The first-order chi connectivity index (χ1) is 26.3. The molecule has 11 rings (SSSR count). The van der Waals surface area contributed by atoms with E-state index in [2.05, 4.69) is 214 Å².